The highest BCUT2D eigenvalue weighted by atomic mass is 16.2. The van der Waals surface area contributed by atoms with E-state index in [1.807, 2.05) is 0 Å². The number of aryl methyl sites for hydroxylation is 1. The van der Waals surface area contributed by atoms with Crippen LogP contribution in [0.1, 0.15) is 49.4 Å². The van der Waals surface area contributed by atoms with Crippen LogP contribution in [0.3, 0.4) is 0 Å². The summed E-state index contributed by atoms with van der Waals surface area (Å²) in [4.78, 5) is 38.5. The molecule has 2 N–H and O–H groups in total. The second kappa shape index (κ2) is 7.51. The first kappa shape index (κ1) is 17.2. The monoisotopic (exact) mass is 341 g/mol. The highest BCUT2D eigenvalue weighted by molar-refractivity contribution is 5.97. The molecule has 6 heteroatoms. The van der Waals surface area contributed by atoms with Crippen molar-refractivity contribution in [1.82, 2.24) is 14.9 Å². The number of benzene rings is 1. The van der Waals surface area contributed by atoms with Crippen LogP contribution in [-0.4, -0.2) is 22.0 Å². The molecule has 0 atom stereocenters. The number of nitrogens with one attached hydrogen (secondary N) is 2. The molecule has 1 aromatic heterocycles. The standard InChI is InChI=1S/C19H23N3O3/c1-2-22-16-9-8-14(12-15(16)21-18(24)19(22)25)17(23)20-11-10-13-6-4-3-5-7-13/h6,8-9,12H,2-5,7,10-11H2,1H3,(H,20,23)(H,21,24). The largest absolute Gasteiger partial charge is 0.352 e. The van der Waals surface area contributed by atoms with Crippen LogP contribution in [-0.2, 0) is 6.54 Å². The normalized spacial score (nSPS) is 14.4. The molecule has 1 aliphatic carbocycles. The Morgan fingerprint density at radius 3 is 2.84 bits per heavy atom. The van der Waals surface area contributed by atoms with Gasteiger partial charge in [-0.3, -0.25) is 14.4 Å². The van der Waals surface area contributed by atoms with Gasteiger partial charge in [-0.15, -0.1) is 0 Å². The molecule has 0 unspecified atom stereocenters. The molecule has 0 bridgehead atoms. The Hall–Kier alpha value is -2.63. The van der Waals surface area contributed by atoms with Crippen LogP contribution in [0.4, 0.5) is 0 Å². The third-order valence-electron chi connectivity index (χ3n) is 4.67. The number of rotatable bonds is 5. The van der Waals surface area contributed by atoms with Gasteiger partial charge in [0, 0.05) is 18.7 Å². The molecule has 1 aliphatic rings. The lowest BCUT2D eigenvalue weighted by Gasteiger charge is -2.13. The molecule has 0 saturated heterocycles. The van der Waals surface area contributed by atoms with Crippen LogP contribution < -0.4 is 16.4 Å². The second-order valence-corrected chi connectivity index (χ2v) is 6.35. The van der Waals surface area contributed by atoms with Crippen molar-refractivity contribution >= 4 is 16.9 Å². The van der Waals surface area contributed by atoms with E-state index < -0.39 is 11.1 Å². The van der Waals surface area contributed by atoms with Crippen molar-refractivity contribution in [1.29, 1.82) is 0 Å². The molecule has 1 amide bonds. The summed E-state index contributed by atoms with van der Waals surface area (Å²) in [6, 6.07) is 5.01. The number of amides is 1. The molecule has 2 aromatic rings. The lowest BCUT2D eigenvalue weighted by atomic mass is 9.97. The van der Waals surface area contributed by atoms with Gasteiger partial charge in [0.15, 0.2) is 0 Å². The Morgan fingerprint density at radius 1 is 1.28 bits per heavy atom. The minimum atomic E-state index is -0.670. The minimum absolute atomic E-state index is 0.173. The number of hydrogen-bond donors (Lipinski definition) is 2. The number of aromatic amines is 1. The highest BCUT2D eigenvalue weighted by Gasteiger charge is 2.11. The van der Waals surface area contributed by atoms with Gasteiger partial charge < -0.3 is 14.9 Å². The van der Waals surface area contributed by atoms with E-state index in [0.717, 1.165) is 19.3 Å². The molecule has 1 heterocycles. The Labute approximate surface area is 145 Å². The summed E-state index contributed by atoms with van der Waals surface area (Å²) in [5.74, 6) is -0.173. The van der Waals surface area contributed by atoms with Crippen LogP contribution in [0, 0.1) is 0 Å². The predicted octanol–water partition coefficient (Wildman–Crippen LogP) is 2.33. The zero-order valence-electron chi connectivity index (χ0n) is 14.4. The lowest BCUT2D eigenvalue weighted by molar-refractivity contribution is 0.0954. The number of H-pyrrole nitrogens is 1. The van der Waals surface area contributed by atoms with E-state index in [1.54, 1.807) is 25.1 Å². The molecule has 1 aromatic carbocycles. The number of carbonyl (C=O) groups excluding carboxylic acids is 1. The molecule has 132 valence electrons. The molecule has 0 radical (unpaired) electrons. The summed E-state index contributed by atoms with van der Waals surface area (Å²) in [7, 11) is 0. The van der Waals surface area contributed by atoms with Gasteiger partial charge in [0.25, 0.3) is 5.91 Å². The number of carbonyl (C=O) groups is 1. The fourth-order valence-corrected chi connectivity index (χ4v) is 3.30. The molecule has 6 nitrogen and oxygen atoms in total. The maximum Gasteiger partial charge on any atom is 0.316 e. The number of aromatic nitrogens is 2. The molecule has 0 saturated carbocycles. The maximum atomic E-state index is 12.3. The van der Waals surface area contributed by atoms with Crippen LogP contribution in [0.15, 0.2) is 39.4 Å². The van der Waals surface area contributed by atoms with Gasteiger partial charge >= 0.3 is 11.1 Å². The van der Waals surface area contributed by atoms with Gasteiger partial charge in [-0.25, -0.2) is 0 Å². The topological polar surface area (TPSA) is 84.0 Å². The summed E-state index contributed by atoms with van der Waals surface area (Å²) < 4.78 is 1.41. The van der Waals surface area contributed by atoms with E-state index in [4.69, 9.17) is 0 Å². The number of nitrogens with zero attached hydrogens (tertiary/aromatic N) is 1. The highest BCUT2D eigenvalue weighted by Crippen LogP contribution is 2.19. The van der Waals surface area contributed by atoms with Gasteiger partial charge in [-0.1, -0.05) is 11.6 Å². The third-order valence-corrected chi connectivity index (χ3v) is 4.67. The average Bonchev–Trinajstić information content (AvgIpc) is 2.63. The van der Waals surface area contributed by atoms with Crippen molar-refractivity contribution < 1.29 is 4.79 Å². The first-order valence-electron chi connectivity index (χ1n) is 8.83. The van der Waals surface area contributed by atoms with Gasteiger partial charge in [0.05, 0.1) is 11.0 Å². The molecular formula is C19H23N3O3. The van der Waals surface area contributed by atoms with Gasteiger partial charge in [0.1, 0.15) is 0 Å². The van der Waals surface area contributed by atoms with Gasteiger partial charge in [-0.05, 0) is 57.2 Å². The van der Waals surface area contributed by atoms with Crippen LogP contribution in [0.25, 0.3) is 11.0 Å². The number of hydrogen-bond acceptors (Lipinski definition) is 3. The van der Waals surface area contributed by atoms with Crippen LogP contribution >= 0.6 is 0 Å². The van der Waals surface area contributed by atoms with Gasteiger partial charge in [0.2, 0.25) is 0 Å². The van der Waals surface area contributed by atoms with Crippen molar-refractivity contribution in [3.8, 4) is 0 Å². The molecule has 0 aliphatic heterocycles. The zero-order valence-corrected chi connectivity index (χ0v) is 14.4. The summed E-state index contributed by atoms with van der Waals surface area (Å²) in [6.45, 7) is 2.81. The summed E-state index contributed by atoms with van der Waals surface area (Å²) in [5.41, 5.74) is 1.76. The lowest BCUT2D eigenvalue weighted by Crippen LogP contribution is -2.36. The Balaban J connectivity index is 1.75. The van der Waals surface area contributed by atoms with Gasteiger partial charge in [-0.2, -0.15) is 0 Å². The van der Waals surface area contributed by atoms with Crippen LogP contribution in [0.2, 0.25) is 0 Å². The van der Waals surface area contributed by atoms with Crippen molar-refractivity contribution in [2.24, 2.45) is 0 Å². The molecular weight excluding hydrogens is 318 g/mol. The van der Waals surface area contributed by atoms with Crippen LogP contribution in [0.5, 0.6) is 0 Å². The number of allylic oxidation sites excluding steroid dienone is 1. The molecule has 0 spiro atoms. The van der Waals surface area contributed by atoms with Crippen molar-refractivity contribution in [2.45, 2.75) is 45.6 Å². The Morgan fingerprint density at radius 2 is 2.12 bits per heavy atom. The minimum Gasteiger partial charge on any atom is -0.352 e. The van der Waals surface area contributed by atoms with E-state index in [9.17, 15) is 14.4 Å². The predicted molar refractivity (Wildman–Crippen MR) is 98.0 cm³/mol. The quantitative estimate of drug-likeness (QED) is 0.647. The van der Waals surface area contributed by atoms with E-state index >= 15 is 0 Å². The second-order valence-electron chi connectivity index (χ2n) is 6.35. The number of fused-ring (bicyclic) bond motifs is 1. The Kier molecular flexibility index (Phi) is 5.16. The van der Waals surface area contributed by atoms with Crippen molar-refractivity contribution in [3.05, 3.63) is 56.1 Å². The van der Waals surface area contributed by atoms with E-state index in [-0.39, 0.29) is 5.91 Å². The first-order valence-corrected chi connectivity index (χ1v) is 8.83. The van der Waals surface area contributed by atoms with E-state index in [0.29, 0.717) is 29.7 Å². The molecule has 0 fully saturated rings. The fourth-order valence-electron chi connectivity index (χ4n) is 3.30. The summed E-state index contributed by atoms with van der Waals surface area (Å²) >= 11 is 0. The first-order chi connectivity index (χ1) is 12.1. The van der Waals surface area contributed by atoms with E-state index in [1.165, 1.54) is 23.0 Å². The SMILES string of the molecule is CCn1c(=O)c(=O)[nH]c2cc(C(=O)NCCC3=CCCCC3)ccc21. The zero-order chi connectivity index (χ0) is 17.8. The molecule has 3 rings (SSSR count). The average molecular weight is 341 g/mol. The van der Waals surface area contributed by atoms with Crippen molar-refractivity contribution in [2.75, 3.05) is 6.54 Å². The van der Waals surface area contributed by atoms with Crippen molar-refractivity contribution in [3.63, 3.8) is 0 Å². The third kappa shape index (κ3) is 3.73. The molecule has 25 heavy (non-hydrogen) atoms. The Bertz CT molecular complexity index is 937. The smallest absolute Gasteiger partial charge is 0.316 e. The fraction of sp³-hybridized carbons (Fsp3) is 0.421. The summed E-state index contributed by atoms with van der Waals surface area (Å²) in [5, 5.41) is 2.93. The summed E-state index contributed by atoms with van der Waals surface area (Å²) in [6.07, 6.45) is 7.92. The van der Waals surface area contributed by atoms with E-state index in [2.05, 4.69) is 16.4 Å². The maximum absolute atomic E-state index is 12.3.